The summed E-state index contributed by atoms with van der Waals surface area (Å²) in [6, 6.07) is 0.437. The van der Waals surface area contributed by atoms with E-state index in [1.807, 2.05) is 13.1 Å². The molecule has 1 unspecified atom stereocenters. The third-order valence-electron chi connectivity index (χ3n) is 3.35. The molecule has 4 heteroatoms. The zero-order valence-corrected chi connectivity index (χ0v) is 11.6. The highest BCUT2D eigenvalue weighted by Gasteiger charge is 2.09. The van der Waals surface area contributed by atoms with E-state index >= 15 is 0 Å². The number of aryl methyl sites for hydroxylation is 1. The summed E-state index contributed by atoms with van der Waals surface area (Å²) in [4.78, 5) is 6.69. The predicted molar refractivity (Wildman–Crippen MR) is 73.1 cm³/mol. The lowest BCUT2D eigenvalue weighted by atomic mass is 10.1. The van der Waals surface area contributed by atoms with Crippen LogP contribution in [-0.2, 0) is 0 Å². The van der Waals surface area contributed by atoms with Crippen LogP contribution in [0, 0.1) is 6.92 Å². The number of nitrogen functional groups attached to an aromatic ring is 1. The van der Waals surface area contributed by atoms with Gasteiger partial charge in [-0.15, -0.1) is 0 Å². The fourth-order valence-corrected chi connectivity index (χ4v) is 2.18. The van der Waals surface area contributed by atoms with Crippen molar-refractivity contribution in [3.63, 3.8) is 0 Å². The lowest BCUT2D eigenvalue weighted by Crippen LogP contribution is -2.24. The zero-order chi connectivity index (χ0) is 12.8. The number of hydrogen-bond donors (Lipinski definition) is 1. The topological polar surface area (TPSA) is 47.1 Å². The highest BCUT2D eigenvalue weighted by Crippen LogP contribution is 2.18. The molecule has 0 aliphatic rings. The molecule has 1 atom stereocenters. The van der Waals surface area contributed by atoms with Crippen LogP contribution in [0.4, 0.5) is 5.95 Å². The van der Waals surface area contributed by atoms with Crippen molar-refractivity contribution < 1.29 is 0 Å². The normalized spacial score (nSPS) is 13.2. The van der Waals surface area contributed by atoms with Crippen molar-refractivity contribution in [3.8, 4) is 0 Å². The Labute approximate surface area is 105 Å². The minimum Gasteiger partial charge on any atom is -0.369 e. The third kappa shape index (κ3) is 4.04. The van der Waals surface area contributed by atoms with Crippen LogP contribution in [-0.4, -0.2) is 34.1 Å². The highest BCUT2D eigenvalue weighted by molar-refractivity contribution is 5.22. The maximum atomic E-state index is 5.87. The van der Waals surface area contributed by atoms with E-state index < -0.39 is 0 Å². The van der Waals surface area contributed by atoms with E-state index in [0.29, 0.717) is 12.0 Å². The highest BCUT2D eigenvalue weighted by atomic mass is 15.2. The number of rotatable bonds is 7. The van der Waals surface area contributed by atoms with E-state index in [2.05, 4.69) is 35.2 Å². The summed E-state index contributed by atoms with van der Waals surface area (Å²) in [5.41, 5.74) is 6.87. The van der Waals surface area contributed by atoms with E-state index in [-0.39, 0.29) is 0 Å². The van der Waals surface area contributed by atoms with Crippen molar-refractivity contribution in [2.24, 2.45) is 0 Å². The van der Waals surface area contributed by atoms with E-state index in [4.69, 9.17) is 5.73 Å². The zero-order valence-electron chi connectivity index (χ0n) is 11.6. The van der Waals surface area contributed by atoms with Crippen molar-refractivity contribution in [2.45, 2.75) is 46.6 Å². The minimum absolute atomic E-state index is 0.437. The minimum atomic E-state index is 0.437. The quantitative estimate of drug-likeness (QED) is 0.793. The lowest BCUT2D eigenvalue weighted by Gasteiger charge is -2.20. The van der Waals surface area contributed by atoms with Gasteiger partial charge in [0.05, 0.1) is 5.69 Å². The average Bonchev–Trinajstić information content (AvgIpc) is 2.64. The molecule has 0 radical (unpaired) electrons. The summed E-state index contributed by atoms with van der Waals surface area (Å²) < 4.78 is 2.08. The van der Waals surface area contributed by atoms with Crippen LogP contribution in [0.3, 0.4) is 0 Å². The van der Waals surface area contributed by atoms with Gasteiger partial charge in [0, 0.05) is 12.2 Å². The first kappa shape index (κ1) is 14.0. The molecular formula is C13H26N4. The van der Waals surface area contributed by atoms with Crippen molar-refractivity contribution >= 4 is 5.95 Å². The maximum Gasteiger partial charge on any atom is 0.200 e. The molecule has 1 aromatic heterocycles. The fourth-order valence-electron chi connectivity index (χ4n) is 2.18. The van der Waals surface area contributed by atoms with Gasteiger partial charge in [-0.2, -0.15) is 0 Å². The second kappa shape index (κ2) is 6.64. The van der Waals surface area contributed by atoms with E-state index in [0.717, 1.165) is 25.2 Å². The molecule has 0 aromatic carbocycles. The van der Waals surface area contributed by atoms with Crippen LogP contribution in [0.25, 0.3) is 0 Å². The summed E-state index contributed by atoms with van der Waals surface area (Å²) in [6.45, 7) is 12.1. The fraction of sp³-hybridized carbons (Fsp3) is 0.769. The Hall–Kier alpha value is -1.03. The van der Waals surface area contributed by atoms with Gasteiger partial charge in [0.2, 0.25) is 5.95 Å². The summed E-state index contributed by atoms with van der Waals surface area (Å²) >= 11 is 0. The molecule has 2 N–H and O–H groups in total. The Morgan fingerprint density at radius 1 is 1.41 bits per heavy atom. The van der Waals surface area contributed by atoms with Crippen LogP contribution >= 0.6 is 0 Å². The SMILES string of the molecule is CCN(CC)CCCC(C)n1cc(C)nc1N. The molecule has 0 fully saturated rings. The van der Waals surface area contributed by atoms with Gasteiger partial charge in [-0.05, 0) is 46.3 Å². The molecule has 0 bridgehead atoms. The number of hydrogen-bond acceptors (Lipinski definition) is 3. The van der Waals surface area contributed by atoms with Gasteiger partial charge >= 0.3 is 0 Å². The molecule has 17 heavy (non-hydrogen) atoms. The first-order valence-corrected chi connectivity index (χ1v) is 6.61. The number of nitrogens with zero attached hydrogens (tertiary/aromatic N) is 3. The van der Waals surface area contributed by atoms with Crippen molar-refractivity contribution in [2.75, 3.05) is 25.4 Å². The maximum absolute atomic E-state index is 5.87. The molecule has 1 heterocycles. The number of imidazole rings is 1. The first-order chi connectivity index (χ1) is 8.08. The Bertz CT molecular complexity index is 328. The van der Waals surface area contributed by atoms with Gasteiger partial charge in [0.15, 0.2) is 0 Å². The van der Waals surface area contributed by atoms with Gasteiger partial charge in [-0.25, -0.2) is 4.98 Å². The van der Waals surface area contributed by atoms with E-state index in [1.54, 1.807) is 0 Å². The second-order valence-corrected chi connectivity index (χ2v) is 4.67. The molecule has 0 spiro atoms. The molecule has 4 nitrogen and oxygen atoms in total. The van der Waals surface area contributed by atoms with Gasteiger partial charge in [0.25, 0.3) is 0 Å². The summed E-state index contributed by atoms with van der Waals surface area (Å²) in [6.07, 6.45) is 4.40. The largest absolute Gasteiger partial charge is 0.369 e. The Kier molecular flexibility index (Phi) is 5.48. The van der Waals surface area contributed by atoms with Gasteiger partial charge in [-0.3, -0.25) is 0 Å². The van der Waals surface area contributed by atoms with Crippen molar-refractivity contribution in [3.05, 3.63) is 11.9 Å². The Morgan fingerprint density at radius 3 is 2.53 bits per heavy atom. The molecule has 98 valence electrons. The van der Waals surface area contributed by atoms with Crippen LogP contribution in [0.1, 0.15) is 45.3 Å². The Balaban J connectivity index is 2.39. The van der Waals surface area contributed by atoms with Crippen molar-refractivity contribution in [1.82, 2.24) is 14.5 Å². The number of nitrogens with two attached hydrogens (primary N) is 1. The van der Waals surface area contributed by atoms with Gasteiger partial charge < -0.3 is 15.2 Å². The lowest BCUT2D eigenvalue weighted by molar-refractivity contribution is 0.288. The van der Waals surface area contributed by atoms with Crippen LogP contribution < -0.4 is 5.73 Å². The number of anilines is 1. The molecule has 0 aliphatic carbocycles. The standard InChI is InChI=1S/C13H26N4/c1-5-16(6-2)9-7-8-12(4)17-10-11(3)15-13(17)14/h10,12H,5-9H2,1-4H3,(H2,14,15). The molecule has 0 amide bonds. The van der Waals surface area contributed by atoms with Gasteiger partial charge in [0.1, 0.15) is 0 Å². The van der Waals surface area contributed by atoms with Crippen molar-refractivity contribution in [1.29, 1.82) is 0 Å². The molecule has 0 saturated carbocycles. The first-order valence-electron chi connectivity index (χ1n) is 6.61. The van der Waals surface area contributed by atoms with Gasteiger partial charge in [-0.1, -0.05) is 13.8 Å². The van der Waals surface area contributed by atoms with E-state index in [9.17, 15) is 0 Å². The smallest absolute Gasteiger partial charge is 0.200 e. The summed E-state index contributed by atoms with van der Waals surface area (Å²) in [5.74, 6) is 0.637. The molecule has 1 aromatic rings. The third-order valence-corrected chi connectivity index (χ3v) is 3.35. The molecule has 0 aliphatic heterocycles. The summed E-state index contributed by atoms with van der Waals surface area (Å²) in [7, 11) is 0. The molecule has 0 saturated heterocycles. The predicted octanol–water partition coefficient (Wildman–Crippen LogP) is 2.46. The summed E-state index contributed by atoms with van der Waals surface area (Å²) in [5, 5.41) is 0. The molecule has 1 rings (SSSR count). The average molecular weight is 238 g/mol. The van der Waals surface area contributed by atoms with Crippen LogP contribution in [0.5, 0.6) is 0 Å². The second-order valence-electron chi connectivity index (χ2n) is 4.67. The molecular weight excluding hydrogens is 212 g/mol. The van der Waals surface area contributed by atoms with Crippen LogP contribution in [0.15, 0.2) is 6.20 Å². The van der Waals surface area contributed by atoms with E-state index in [1.165, 1.54) is 13.0 Å². The number of aromatic nitrogens is 2. The van der Waals surface area contributed by atoms with Crippen LogP contribution in [0.2, 0.25) is 0 Å². The monoisotopic (exact) mass is 238 g/mol. The Morgan fingerprint density at radius 2 is 2.06 bits per heavy atom.